The Morgan fingerprint density at radius 1 is 0.900 bits per heavy atom. The van der Waals surface area contributed by atoms with E-state index >= 15 is 0 Å². The van der Waals surface area contributed by atoms with Gasteiger partial charge in [-0.3, -0.25) is 20.4 Å². The van der Waals surface area contributed by atoms with Gasteiger partial charge in [-0.15, -0.1) is 0 Å². The van der Waals surface area contributed by atoms with E-state index < -0.39 is 11.8 Å². The van der Waals surface area contributed by atoms with E-state index in [-0.39, 0.29) is 28.0 Å². The zero-order valence-electron chi connectivity index (χ0n) is 18.2. The van der Waals surface area contributed by atoms with Crippen molar-refractivity contribution in [2.75, 3.05) is 6.61 Å². The summed E-state index contributed by atoms with van der Waals surface area (Å²) >= 11 is 11.8. The zero-order valence-corrected chi connectivity index (χ0v) is 19.7. The van der Waals surface area contributed by atoms with Gasteiger partial charge in [0, 0.05) is 5.02 Å². The molecule has 162 valence electrons. The van der Waals surface area contributed by atoms with Crippen molar-refractivity contribution in [1.82, 2.24) is 10.9 Å². The Balaban J connectivity index is 2.03. The molecule has 0 saturated heterocycles. The Morgan fingerprint density at radius 3 is 2.13 bits per heavy atom. The maximum atomic E-state index is 12.2. The van der Waals surface area contributed by atoms with Gasteiger partial charge in [0.25, 0.3) is 11.8 Å². The third-order valence-corrected chi connectivity index (χ3v) is 5.05. The molecule has 2 rings (SSSR count). The van der Waals surface area contributed by atoms with Crippen molar-refractivity contribution in [3.8, 4) is 5.75 Å². The zero-order chi connectivity index (χ0) is 22.7. The number of rotatable bonds is 4. The van der Waals surface area contributed by atoms with Crippen LogP contribution in [0.1, 0.15) is 63.0 Å². The maximum absolute atomic E-state index is 12.2. The molecule has 30 heavy (non-hydrogen) atoms. The molecule has 2 amide bonds. The number of carbonyl (C=O) groups is 2. The van der Waals surface area contributed by atoms with Crippen molar-refractivity contribution in [3.63, 3.8) is 0 Å². The van der Waals surface area contributed by atoms with Crippen LogP contribution in [0.2, 0.25) is 10.0 Å². The number of hydrazine groups is 1. The normalized spacial score (nSPS) is 11.7. The molecular formula is C23H28Cl2N2O3. The number of nitrogens with one attached hydrogen (secondary N) is 2. The molecule has 0 atom stereocenters. The largest absolute Gasteiger partial charge is 0.483 e. The molecule has 0 bridgehead atoms. The quantitative estimate of drug-likeness (QED) is 0.610. The van der Waals surface area contributed by atoms with Crippen molar-refractivity contribution in [3.05, 3.63) is 63.1 Å². The number of hydrogen-bond donors (Lipinski definition) is 2. The summed E-state index contributed by atoms with van der Waals surface area (Å²) in [5.74, 6) is -0.402. The van der Waals surface area contributed by atoms with Crippen LogP contribution in [0.5, 0.6) is 5.75 Å². The molecular weight excluding hydrogens is 423 g/mol. The smallest absolute Gasteiger partial charge is 0.276 e. The molecule has 0 saturated carbocycles. The number of carbonyl (C=O) groups excluding carboxylic acids is 2. The molecule has 7 heteroatoms. The highest BCUT2D eigenvalue weighted by molar-refractivity contribution is 6.36. The molecule has 0 radical (unpaired) electrons. The van der Waals surface area contributed by atoms with Crippen molar-refractivity contribution >= 4 is 35.0 Å². The molecule has 0 heterocycles. The number of benzene rings is 2. The fourth-order valence-corrected chi connectivity index (χ4v) is 3.25. The molecule has 5 nitrogen and oxygen atoms in total. The van der Waals surface area contributed by atoms with E-state index in [0.29, 0.717) is 10.8 Å². The van der Waals surface area contributed by atoms with Crippen LogP contribution in [0.3, 0.4) is 0 Å². The predicted molar refractivity (Wildman–Crippen MR) is 121 cm³/mol. The Labute approximate surface area is 188 Å². The summed E-state index contributed by atoms with van der Waals surface area (Å²) in [5.41, 5.74) is 6.91. The first-order chi connectivity index (χ1) is 13.8. The first kappa shape index (κ1) is 24.0. The van der Waals surface area contributed by atoms with Crippen molar-refractivity contribution in [2.45, 2.75) is 52.4 Å². The third kappa shape index (κ3) is 6.38. The molecule has 0 aliphatic rings. The average Bonchev–Trinajstić information content (AvgIpc) is 2.62. The third-order valence-electron chi connectivity index (χ3n) is 4.50. The molecule has 0 aliphatic heterocycles. The Hall–Kier alpha value is -2.24. The first-order valence-electron chi connectivity index (χ1n) is 9.61. The highest BCUT2D eigenvalue weighted by Crippen LogP contribution is 2.35. The second-order valence-electron chi connectivity index (χ2n) is 9.13. The molecule has 0 spiro atoms. The van der Waals surface area contributed by atoms with E-state index in [1.807, 2.05) is 12.1 Å². The first-order valence-corrected chi connectivity index (χ1v) is 10.4. The van der Waals surface area contributed by atoms with E-state index in [9.17, 15) is 9.59 Å². The summed E-state index contributed by atoms with van der Waals surface area (Å²) in [6.45, 7) is 12.5. The summed E-state index contributed by atoms with van der Waals surface area (Å²) in [6.07, 6.45) is 0. The van der Waals surface area contributed by atoms with Gasteiger partial charge >= 0.3 is 0 Å². The lowest BCUT2D eigenvalue weighted by molar-refractivity contribution is -0.123. The van der Waals surface area contributed by atoms with Crippen LogP contribution in [-0.4, -0.2) is 18.4 Å². The van der Waals surface area contributed by atoms with E-state index in [0.717, 1.165) is 5.56 Å². The number of ether oxygens (including phenoxy) is 1. The van der Waals surface area contributed by atoms with Gasteiger partial charge in [0.15, 0.2) is 6.61 Å². The van der Waals surface area contributed by atoms with E-state index in [1.54, 1.807) is 6.07 Å². The van der Waals surface area contributed by atoms with Crippen LogP contribution in [0.4, 0.5) is 0 Å². The number of hydrogen-bond acceptors (Lipinski definition) is 3. The Kier molecular flexibility index (Phi) is 7.43. The standard InChI is InChI=1S/C23H28Cl2N2O3/c1-22(2,3)14-7-10-19(17(11-14)23(4,5)6)30-13-20(28)26-27-21(29)16-9-8-15(24)12-18(16)25/h7-12H,13H2,1-6H3,(H,26,28)(H,27,29). The molecule has 2 N–H and O–H groups in total. The van der Waals surface area contributed by atoms with E-state index in [4.69, 9.17) is 27.9 Å². The molecule has 0 aromatic heterocycles. The highest BCUT2D eigenvalue weighted by atomic mass is 35.5. The maximum Gasteiger partial charge on any atom is 0.276 e. The van der Waals surface area contributed by atoms with Crippen LogP contribution in [0.25, 0.3) is 0 Å². The van der Waals surface area contributed by atoms with E-state index in [1.165, 1.54) is 17.7 Å². The fourth-order valence-electron chi connectivity index (χ4n) is 2.76. The minimum atomic E-state index is -0.546. The SMILES string of the molecule is CC(C)(C)c1ccc(OCC(=O)NNC(=O)c2ccc(Cl)cc2Cl)c(C(C)(C)C)c1. The van der Waals surface area contributed by atoms with Crippen LogP contribution >= 0.6 is 23.2 Å². The average molecular weight is 451 g/mol. The molecule has 0 aliphatic carbocycles. The van der Waals surface area contributed by atoms with Crippen LogP contribution in [-0.2, 0) is 15.6 Å². The van der Waals surface area contributed by atoms with Gasteiger partial charge in [0.2, 0.25) is 0 Å². The lowest BCUT2D eigenvalue weighted by Crippen LogP contribution is -2.44. The number of halogens is 2. The molecule has 0 fully saturated rings. The monoisotopic (exact) mass is 450 g/mol. The fraction of sp³-hybridized carbons (Fsp3) is 0.391. The minimum absolute atomic E-state index is 0.00310. The van der Waals surface area contributed by atoms with Crippen molar-refractivity contribution in [2.24, 2.45) is 0 Å². The van der Waals surface area contributed by atoms with Gasteiger partial charge < -0.3 is 4.74 Å². The van der Waals surface area contributed by atoms with Crippen LogP contribution < -0.4 is 15.6 Å². The summed E-state index contributed by atoms with van der Waals surface area (Å²) in [4.78, 5) is 24.4. The van der Waals surface area contributed by atoms with Gasteiger partial charge in [0.1, 0.15) is 5.75 Å². The van der Waals surface area contributed by atoms with Gasteiger partial charge in [-0.05, 0) is 46.2 Å². The lowest BCUT2D eigenvalue weighted by atomic mass is 9.80. The van der Waals surface area contributed by atoms with Crippen molar-refractivity contribution < 1.29 is 14.3 Å². The summed E-state index contributed by atoms with van der Waals surface area (Å²) < 4.78 is 5.76. The van der Waals surface area contributed by atoms with E-state index in [2.05, 4.69) is 58.5 Å². The van der Waals surface area contributed by atoms with Gasteiger partial charge in [0.05, 0.1) is 10.6 Å². The minimum Gasteiger partial charge on any atom is -0.483 e. The molecule has 2 aromatic carbocycles. The lowest BCUT2D eigenvalue weighted by Gasteiger charge is -2.27. The van der Waals surface area contributed by atoms with Crippen LogP contribution in [0.15, 0.2) is 36.4 Å². The summed E-state index contributed by atoms with van der Waals surface area (Å²) in [7, 11) is 0. The van der Waals surface area contributed by atoms with Gasteiger partial charge in [-0.1, -0.05) is 76.9 Å². The topological polar surface area (TPSA) is 67.4 Å². The Morgan fingerprint density at radius 2 is 1.57 bits per heavy atom. The van der Waals surface area contributed by atoms with Crippen molar-refractivity contribution in [1.29, 1.82) is 0 Å². The second kappa shape index (κ2) is 9.27. The van der Waals surface area contributed by atoms with Gasteiger partial charge in [-0.2, -0.15) is 0 Å². The highest BCUT2D eigenvalue weighted by Gasteiger charge is 2.23. The van der Waals surface area contributed by atoms with Crippen LogP contribution in [0, 0.1) is 0 Å². The van der Waals surface area contributed by atoms with Gasteiger partial charge in [-0.25, -0.2) is 0 Å². The summed E-state index contributed by atoms with van der Waals surface area (Å²) in [5, 5.41) is 0.611. The Bertz CT molecular complexity index is 944. The number of amides is 2. The molecule has 0 unspecified atom stereocenters. The second-order valence-corrected chi connectivity index (χ2v) is 9.97. The summed E-state index contributed by atoms with van der Waals surface area (Å²) in [6, 6.07) is 10.5. The predicted octanol–water partition coefficient (Wildman–Crippen LogP) is 5.43. The molecule has 2 aromatic rings.